The van der Waals surface area contributed by atoms with E-state index in [1.807, 2.05) is 27.7 Å². The molecule has 6 heteroatoms. The first-order chi connectivity index (χ1) is 9.61. The molecule has 2 nitrogen and oxygen atoms in total. The van der Waals surface area contributed by atoms with E-state index in [2.05, 4.69) is 0 Å². The molecule has 0 spiro atoms. The summed E-state index contributed by atoms with van der Waals surface area (Å²) >= 11 is 12.2. The largest absolute Gasteiger partial charge is 0.286 e. The van der Waals surface area contributed by atoms with Gasteiger partial charge < -0.3 is 0 Å². The lowest BCUT2D eigenvalue weighted by molar-refractivity contribution is -0.120. The predicted octanol–water partition coefficient (Wildman–Crippen LogP) is 5.55. The normalized spacial score (nSPS) is 13.1. The van der Waals surface area contributed by atoms with Crippen LogP contribution in [0.15, 0.2) is 17.0 Å². The van der Waals surface area contributed by atoms with Gasteiger partial charge in [-0.15, -0.1) is 0 Å². The lowest BCUT2D eigenvalue weighted by atomic mass is 9.80. The van der Waals surface area contributed by atoms with Crippen molar-refractivity contribution < 1.29 is 14.0 Å². The number of hydrogen-bond donors (Lipinski definition) is 0. The highest BCUT2D eigenvalue weighted by molar-refractivity contribution is 8.13. The van der Waals surface area contributed by atoms with E-state index in [0.29, 0.717) is 4.90 Å². The Morgan fingerprint density at radius 1 is 1.38 bits per heavy atom. The third kappa shape index (κ3) is 4.21. The van der Waals surface area contributed by atoms with Crippen molar-refractivity contribution in [1.82, 2.24) is 0 Å². The molecule has 0 aromatic heterocycles. The van der Waals surface area contributed by atoms with Crippen molar-refractivity contribution in [2.24, 2.45) is 11.3 Å². The molecule has 0 aliphatic rings. The molecule has 1 rings (SSSR count). The van der Waals surface area contributed by atoms with Crippen molar-refractivity contribution in [2.45, 2.75) is 39.0 Å². The van der Waals surface area contributed by atoms with E-state index in [1.54, 1.807) is 0 Å². The Labute approximate surface area is 138 Å². The number of carbonyl (C=O) groups is 2. The SMILES string of the molecule is CCC(C)C(C)(C)C(=O)Sc1cc(C(=O)Cl)c(F)cc1Cl. The zero-order valence-electron chi connectivity index (χ0n) is 12.3. The molecule has 0 N–H and O–H groups in total. The molecule has 0 saturated carbocycles. The molecule has 21 heavy (non-hydrogen) atoms. The summed E-state index contributed by atoms with van der Waals surface area (Å²) in [6.07, 6.45) is 0.863. The van der Waals surface area contributed by atoms with Crippen LogP contribution in [-0.4, -0.2) is 10.4 Å². The second kappa shape index (κ2) is 7.12. The van der Waals surface area contributed by atoms with Gasteiger partial charge in [-0.25, -0.2) is 4.39 Å². The van der Waals surface area contributed by atoms with Crippen LogP contribution in [0, 0.1) is 17.2 Å². The Bertz CT molecular complexity index is 573. The number of thioether (sulfide) groups is 1. The number of benzene rings is 1. The highest BCUT2D eigenvalue weighted by Gasteiger charge is 2.34. The number of carbonyl (C=O) groups excluding carboxylic acids is 2. The van der Waals surface area contributed by atoms with Gasteiger partial charge in [-0.3, -0.25) is 9.59 Å². The summed E-state index contributed by atoms with van der Waals surface area (Å²) < 4.78 is 13.6. The maximum absolute atomic E-state index is 13.6. The Morgan fingerprint density at radius 2 is 1.95 bits per heavy atom. The quantitative estimate of drug-likeness (QED) is 0.515. The van der Waals surface area contributed by atoms with Crippen LogP contribution < -0.4 is 0 Å². The van der Waals surface area contributed by atoms with Crippen LogP contribution >= 0.6 is 35.0 Å². The van der Waals surface area contributed by atoms with Crippen LogP contribution in [0.25, 0.3) is 0 Å². The van der Waals surface area contributed by atoms with Crippen molar-refractivity contribution >= 4 is 45.3 Å². The van der Waals surface area contributed by atoms with Gasteiger partial charge in [-0.2, -0.15) is 0 Å². The molecule has 0 bridgehead atoms. The molecular formula is C15H17Cl2FO2S. The molecule has 1 aromatic carbocycles. The van der Waals surface area contributed by atoms with Crippen LogP contribution in [0.3, 0.4) is 0 Å². The van der Waals surface area contributed by atoms with Crippen molar-refractivity contribution in [2.75, 3.05) is 0 Å². The summed E-state index contributed by atoms with van der Waals surface area (Å²) in [7, 11) is 0. The maximum Gasteiger partial charge on any atom is 0.255 e. The van der Waals surface area contributed by atoms with Gasteiger partial charge in [0.1, 0.15) is 5.82 Å². The minimum absolute atomic E-state index is 0.0849. The zero-order chi connectivity index (χ0) is 16.4. The second-order valence-corrected chi connectivity index (χ2v) is 7.22. The van der Waals surface area contributed by atoms with E-state index in [0.717, 1.165) is 24.2 Å². The summed E-state index contributed by atoms with van der Waals surface area (Å²) in [6.45, 7) is 7.74. The summed E-state index contributed by atoms with van der Waals surface area (Å²) in [5.41, 5.74) is -0.833. The fourth-order valence-corrected chi connectivity index (χ4v) is 3.11. The van der Waals surface area contributed by atoms with E-state index in [1.165, 1.54) is 6.07 Å². The van der Waals surface area contributed by atoms with Crippen LogP contribution in [0.2, 0.25) is 5.02 Å². The molecule has 0 heterocycles. The highest BCUT2D eigenvalue weighted by Crippen LogP contribution is 2.39. The van der Waals surface area contributed by atoms with E-state index in [4.69, 9.17) is 23.2 Å². The van der Waals surface area contributed by atoms with Crippen LogP contribution in [-0.2, 0) is 4.79 Å². The minimum atomic E-state index is -0.917. The van der Waals surface area contributed by atoms with Crippen molar-refractivity contribution in [3.05, 3.63) is 28.5 Å². The topological polar surface area (TPSA) is 34.1 Å². The zero-order valence-corrected chi connectivity index (χ0v) is 14.6. The fraction of sp³-hybridized carbons (Fsp3) is 0.467. The Morgan fingerprint density at radius 3 is 2.43 bits per heavy atom. The molecule has 0 aliphatic carbocycles. The molecule has 1 atom stereocenters. The summed E-state index contributed by atoms with van der Waals surface area (Å²) in [5.74, 6) is -0.608. The van der Waals surface area contributed by atoms with Gasteiger partial charge in [0.2, 0.25) is 0 Å². The number of rotatable bonds is 5. The molecular weight excluding hydrogens is 334 g/mol. The van der Waals surface area contributed by atoms with Crippen molar-refractivity contribution in [1.29, 1.82) is 0 Å². The first kappa shape index (κ1) is 18.5. The average molecular weight is 351 g/mol. The Hall–Kier alpha value is -0.580. The molecule has 1 unspecified atom stereocenters. The summed E-state index contributed by atoms with van der Waals surface area (Å²) in [5, 5.41) is -0.912. The summed E-state index contributed by atoms with van der Waals surface area (Å²) in [6, 6.07) is 2.23. The van der Waals surface area contributed by atoms with Crippen molar-refractivity contribution in [3.63, 3.8) is 0 Å². The first-order valence-corrected chi connectivity index (χ1v) is 8.09. The smallest absolute Gasteiger partial charge is 0.255 e. The van der Waals surface area contributed by atoms with Gasteiger partial charge in [-0.1, -0.05) is 45.7 Å². The second-order valence-electron chi connectivity index (χ2n) is 5.46. The predicted molar refractivity (Wildman–Crippen MR) is 85.7 cm³/mol. The van der Waals surface area contributed by atoms with Crippen LogP contribution in [0.5, 0.6) is 0 Å². The van der Waals surface area contributed by atoms with E-state index < -0.39 is 16.5 Å². The molecule has 0 radical (unpaired) electrons. The minimum Gasteiger partial charge on any atom is -0.286 e. The van der Waals surface area contributed by atoms with Gasteiger partial charge in [0, 0.05) is 10.3 Å². The molecule has 0 amide bonds. The van der Waals surface area contributed by atoms with E-state index >= 15 is 0 Å². The van der Waals surface area contributed by atoms with Gasteiger partial charge in [-0.05, 0) is 41.4 Å². The molecule has 0 aliphatic heterocycles. The first-order valence-electron chi connectivity index (χ1n) is 6.52. The molecule has 116 valence electrons. The third-order valence-corrected chi connectivity index (χ3v) is 5.70. The lowest BCUT2D eigenvalue weighted by Crippen LogP contribution is -2.29. The molecule has 0 saturated heterocycles. The van der Waals surface area contributed by atoms with E-state index in [9.17, 15) is 14.0 Å². The van der Waals surface area contributed by atoms with Gasteiger partial charge in [0.15, 0.2) is 5.12 Å². The van der Waals surface area contributed by atoms with Crippen LogP contribution in [0.1, 0.15) is 44.5 Å². The third-order valence-electron chi connectivity index (χ3n) is 3.81. The maximum atomic E-state index is 13.6. The standard InChI is InChI=1S/C15H17Cl2FO2S/c1-5-8(2)15(3,4)14(20)21-12-6-9(13(17)19)11(18)7-10(12)16/h6-8H,5H2,1-4H3. The van der Waals surface area contributed by atoms with Crippen LogP contribution in [0.4, 0.5) is 4.39 Å². The van der Waals surface area contributed by atoms with Gasteiger partial charge in [0.25, 0.3) is 5.24 Å². The molecule has 0 fully saturated rings. The molecule has 1 aromatic rings. The van der Waals surface area contributed by atoms with Gasteiger partial charge >= 0.3 is 0 Å². The fourth-order valence-electron chi connectivity index (χ4n) is 1.70. The van der Waals surface area contributed by atoms with E-state index in [-0.39, 0.29) is 21.6 Å². The average Bonchev–Trinajstić information content (AvgIpc) is 2.39. The lowest BCUT2D eigenvalue weighted by Gasteiger charge is -2.29. The number of hydrogen-bond acceptors (Lipinski definition) is 3. The van der Waals surface area contributed by atoms with Crippen molar-refractivity contribution in [3.8, 4) is 0 Å². The number of halogens is 3. The highest BCUT2D eigenvalue weighted by atomic mass is 35.5. The summed E-state index contributed by atoms with van der Waals surface area (Å²) in [4.78, 5) is 23.9. The monoisotopic (exact) mass is 350 g/mol. The van der Waals surface area contributed by atoms with Gasteiger partial charge in [0.05, 0.1) is 10.6 Å². The Balaban J connectivity index is 3.11. The Kier molecular flexibility index (Phi) is 6.26.